The van der Waals surface area contributed by atoms with Crippen molar-refractivity contribution in [3.05, 3.63) is 88.8 Å². The standard InChI is InChI=1S/C29H34FN5O2/c1-19-15-22(7-12-26(19)34-17-20(2)32-18-34)16-25-27(37)35(21(3)23-8-10-24(30)11-9-23)28(31-13-6-14-36)33-29(25,4)5/h7-12,15-18,21,36H,6,13-14H2,1-5H3,(H,31,33)/b25-16-. The molecule has 2 aromatic carbocycles. The Kier molecular flexibility index (Phi) is 7.59. The summed E-state index contributed by atoms with van der Waals surface area (Å²) < 4.78 is 15.6. The Morgan fingerprint density at radius 3 is 2.54 bits per heavy atom. The van der Waals surface area contributed by atoms with Crippen molar-refractivity contribution in [2.24, 2.45) is 4.99 Å². The van der Waals surface area contributed by atoms with Gasteiger partial charge in [0.15, 0.2) is 0 Å². The van der Waals surface area contributed by atoms with Gasteiger partial charge in [0.2, 0.25) is 5.96 Å². The lowest BCUT2D eigenvalue weighted by molar-refractivity contribution is -0.126. The van der Waals surface area contributed by atoms with Gasteiger partial charge in [-0.15, -0.1) is 0 Å². The lowest BCUT2D eigenvalue weighted by atomic mass is 9.87. The minimum absolute atomic E-state index is 0.0147. The molecular formula is C29H34FN5O2. The lowest BCUT2D eigenvalue weighted by Crippen LogP contribution is -2.62. The first-order valence-corrected chi connectivity index (χ1v) is 12.5. The van der Waals surface area contributed by atoms with Gasteiger partial charge in [-0.1, -0.05) is 18.2 Å². The zero-order valence-electron chi connectivity index (χ0n) is 22.0. The van der Waals surface area contributed by atoms with E-state index in [0.717, 1.165) is 28.1 Å². The summed E-state index contributed by atoms with van der Waals surface area (Å²) in [6.45, 7) is 10.2. The maximum absolute atomic E-state index is 14.0. The molecule has 1 aromatic heterocycles. The summed E-state index contributed by atoms with van der Waals surface area (Å²) >= 11 is 0. The number of carbonyl (C=O) groups is 1. The molecule has 7 nitrogen and oxygen atoms in total. The summed E-state index contributed by atoms with van der Waals surface area (Å²) in [5.74, 6) is -0.0583. The van der Waals surface area contributed by atoms with Crippen molar-refractivity contribution < 1.29 is 14.3 Å². The topological polar surface area (TPSA) is 82.8 Å². The molecule has 1 aliphatic rings. The Hall–Kier alpha value is -3.78. The SMILES string of the molecule is Cc1cn(-c2ccc(/C=C3/C(=O)N(C(C)c4ccc(F)cc4)/C(=N/CCCO)NC3(C)C)cc2C)cn1. The van der Waals surface area contributed by atoms with Crippen molar-refractivity contribution in [2.45, 2.75) is 52.6 Å². The van der Waals surface area contributed by atoms with E-state index in [9.17, 15) is 14.3 Å². The fourth-order valence-electron chi connectivity index (χ4n) is 4.54. The van der Waals surface area contributed by atoms with Crippen molar-refractivity contribution in [1.82, 2.24) is 19.8 Å². The van der Waals surface area contributed by atoms with Gasteiger partial charge in [0.1, 0.15) is 5.82 Å². The van der Waals surface area contributed by atoms with Gasteiger partial charge in [0.05, 0.1) is 23.6 Å². The highest BCUT2D eigenvalue weighted by molar-refractivity contribution is 6.12. The summed E-state index contributed by atoms with van der Waals surface area (Å²) in [6.07, 6.45) is 6.17. The molecule has 0 radical (unpaired) electrons. The highest BCUT2D eigenvalue weighted by atomic mass is 19.1. The summed E-state index contributed by atoms with van der Waals surface area (Å²) in [5, 5.41) is 12.7. The molecule has 1 unspecified atom stereocenters. The van der Waals surface area contributed by atoms with E-state index in [4.69, 9.17) is 0 Å². The molecule has 2 N–H and O–H groups in total. The molecule has 1 aliphatic heterocycles. The minimum atomic E-state index is -0.692. The van der Waals surface area contributed by atoms with E-state index in [1.807, 2.05) is 63.6 Å². The van der Waals surface area contributed by atoms with E-state index in [1.165, 1.54) is 12.1 Å². The van der Waals surface area contributed by atoms with Crippen LogP contribution in [-0.4, -0.2) is 50.1 Å². The molecular weight excluding hydrogens is 469 g/mol. The number of nitrogens with one attached hydrogen (secondary N) is 1. The largest absolute Gasteiger partial charge is 0.396 e. The van der Waals surface area contributed by atoms with Gasteiger partial charge in [-0.05, 0) is 88.1 Å². The molecule has 1 fully saturated rings. The fraction of sp³-hybridized carbons (Fsp3) is 0.345. The molecule has 1 amide bonds. The second-order valence-corrected chi connectivity index (χ2v) is 9.96. The monoisotopic (exact) mass is 503 g/mol. The van der Waals surface area contributed by atoms with E-state index in [2.05, 4.69) is 21.4 Å². The van der Waals surface area contributed by atoms with Crippen LogP contribution in [0.2, 0.25) is 0 Å². The van der Waals surface area contributed by atoms with Crippen molar-refractivity contribution in [1.29, 1.82) is 0 Å². The number of halogens is 1. The number of imidazole rings is 1. The number of guanidine groups is 1. The number of aliphatic imine (C=N–C) groups is 1. The van der Waals surface area contributed by atoms with Crippen LogP contribution in [0.4, 0.5) is 4.39 Å². The number of aromatic nitrogens is 2. The van der Waals surface area contributed by atoms with Gasteiger partial charge in [0, 0.05) is 30.6 Å². The highest BCUT2D eigenvalue weighted by Gasteiger charge is 2.42. The number of hydrogen-bond acceptors (Lipinski definition) is 4. The zero-order chi connectivity index (χ0) is 26.7. The molecule has 1 atom stereocenters. The van der Waals surface area contributed by atoms with Crippen molar-refractivity contribution in [2.75, 3.05) is 13.2 Å². The van der Waals surface area contributed by atoms with Crippen LogP contribution in [0.5, 0.6) is 0 Å². The molecule has 37 heavy (non-hydrogen) atoms. The van der Waals surface area contributed by atoms with Crippen molar-refractivity contribution in [3.8, 4) is 5.69 Å². The molecule has 1 saturated heterocycles. The third-order valence-electron chi connectivity index (χ3n) is 6.61. The number of nitrogens with zero attached hydrogens (tertiary/aromatic N) is 4. The van der Waals surface area contributed by atoms with E-state index in [-0.39, 0.29) is 24.4 Å². The van der Waals surface area contributed by atoms with Gasteiger partial charge in [-0.25, -0.2) is 9.37 Å². The fourth-order valence-corrected chi connectivity index (χ4v) is 4.54. The van der Waals surface area contributed by atoms with Gasteiger partial charge in [-0.3, -0.25) is 14.7 Å². The average Bonchev–Trinajstić information content (AvgIpc) is 3.28. The second kappa shape index (κ2) is 10.7. The predicted octanol–water partition coefficient (Wildman–Crippen LogP) is 4.72. The normalized spacial score (nSPS) is 18.4. The summed E-state index contributed by atoms with van der Waals surface area (Å²) in [7, 11) is 0. The van der Waals surface area contributed by atoms with Gasteiger partial charge in [-0.2, -0.15) is 0 Å². The number of aliphatic hydroxyl groups is 1. The van der Waals surface area contributed by atoms with Crippen LogP contribution >= 0.6 is 0 Å². The highest BCUT2D eigenvalue weighted by Crippen LogP contribution is 2.32. The van der Waals surface area contributed by atoms with Crippen LogP contribution in [0.25, 0.3) is 11.8 Å². The molecule has 2 heterocycles. The Morgan fingerprint density at radius 1 is 1.19 bits per heavy atom. The molecule has 0 aliphatic carbocycles. The Labute approximate surface area is 217 Å². The second-order valence-electron chi connectivity index (χ2n) is 9.96. The van der Waals surface area contributed by atoms with Crippen LogP contribution in [0.3, 0.4) is 0 Å². The Bertz CT molecular complexity index is 1340. The number of hydrogen-bond donors (Lipinski definition) is 2. The Balaban J connectivity index is 1.73. The number of benzene rings is 2. The van der Waals surface area contributed by atoms with Crippen molar-refractivity contribution >= 4 is 17.9 Å². The smallest absolute Gasteiger partial charge is 0.259 e. The molecule has 4 rings (SSSR count). The van der Waals surface area contributed by atoms with Crippen LogP contribution in [0, 0.1) is 19.7 Å². The summed E-state index contributed by atoms with van der Waals surface area (Å²) in [5.41, 5.74) is 4.63. The van der Waals surface area contributed by atoms with Crippen LogP contribution < -0.4 is 5.32 Å². The minimum Gasteiger partial charge on any atom is -0.396 e. The first-order chi connectivity index (χ1) is 17.6. The molecule has 0 spiro atoms. The number of aliphatic hydroxyl groups excluding tert-OH is 1. The van der Waals surface area contributed by atoms with Gasteiger partial charge >= 0.3 is 0 Å². The predicted molar refractivity (Wildman–Crippen MR) is 144 cm³/mol. The number of amides is 1. The Morgan fingerprint density at radius 2 is 1.92 bits per heavy atom. The van der Waals surface area contributed by atoms with Crippen LogP contribution in [0.1, 0.15) is 55.6 Å². The van der Waals surface area contributed by atoms with Gasteiger partial charge in [0.25, 0.3) is 5.91 Å². The van der Waals surface area contributed by atoms with Crippen LogP contribution in [-0.2, 0) is 4.79 Å². The number of carbonyl (C=O) groups excluding carboxylic acids is 1. The molecule has 8 heteroatoms. The average molecular weight is 504 g/mol. The summed E-state index contributed by atoms with van der Waals surface area (Å²) in [6, 6.07) is 11.8. The molecule has 0 bridgehead atoms. The van der Waals surface area contributed by atoms with Gasteiger partial charge < -0.3 is 15.0 Å². The maximum atomic E-state index is 14.0. The van der Waals surface area contributed by atoms with E-state index in [0.29, 0.717) is 24.5 Å². The number of aryl methyl sites for hydroxylation is 2. The van der Waals surface area contributed by atoms with Crippen LogP contribution in [0.15, 0.2) is 65.6 Å². The number of rotatable bonds is 7. The maximum Gasteiger partial charge on any atom is 0.259 e. The summed E-state index contributed by atoms with van der Waals surface area (Å²) in [4.78, 5) is 24.6. The first-order valence-electron chi connectivity index (χ1n) is 12.5. The van der Waals surface area contributed by atoms with Crippen molar-refractivity contribution in [3.63, 3.8) is 0 Å². The quantitative estimate of drug-likeness (QED) is 0.361. The molecule has 194 valence electrons. The third kappa shape index (κ3) is 5.64. The molecule has 0 saturated carbocycles. The van der Waals surface area contributed by atoms with E-state index >= 15 is 0 Å². The third-order valence-corrected chi connectivity index (χ3v) is 6.61. The van der Waals surface area contributed by atoms with E-state index in [1.54, 1.807) is 23.4 Å². The molecule has 3 aromatic rings. The first kappa shape index (κ1) is 26.3. The lowest BCUT2D eigenvalue weighted by Gasteiger charge is -2.43. The zero-order valence-corrected chi connectivity index (χ0v) is 22.0. The van der Waals surface area contributed by atoms with E-state index < -0.39 is 5.54 Å².